The zero-order valence-corrected chi connectivity index (χ0v) is 10.8. The van der Waals surface area contributed by atoms with Crippen molar-refractivity contribution in [2.45, 2.75) is 6.92 Å². The van der Waals surface area contributed by atoms with Crippen molar-refractivity contribution in [2.24, 2.45) is 0 Å². The zero-order chi connectivity index (χ0) is 14.1. The lowest BCUT2D eigenvalue weighted by atomic mass is 10.1. The minimum atomic E-state index is -0.256. The van der Waals surface area contributed by atoms with Crippen LogP contribution in [0.3, 0.4) is 0 Å². The number of rotatable bonds is 2. The molecule has 5 heteroatoms. The second-order valence-corrected chi connectivity index (χ2v) is 4.51. The maximum atomic E-state index is 13.3. The monoisotopic (exact) mass is 269 g/mol. The van der Waals surface area contributed by atoms with Gasteiger partial charge in [0.05, 0.1) is 0 Å². The SMILES string of the molecule is Cc1cc(-c2noc(-c3cccc(N)c3)n2)ccc1F. The van der Waals surface area contributed by atoms with E-state index >= 15 is 0 Å². The molecule has 0 aliphatic heterocycles. The lowest BCUT2D eigenvalue weighted by Gasteiger charge is -1.98. The smallest absolute Gasteiger partial charge is 0.258 e. The van der Waals surface area contributed by atoms with Crippen LogP contribution in [-0.4, -0.2) is 10.1 Å². The molecule has 100 valence electrons. The van der Waals surface area contributed by atoms with Crippen LogP contribution in [0.1, 0.15) is 5.56 Å². The number of aromatic nitrogens is 2. The molecule has 0 unspecified atom stereocenters. The molecule has 3 aromatic rings. The summed E-state index contributed by atoms with van der Waals surface area (Å²) in [4.78, 5) is 4.31. The van der Waals surface area contributed by atoms with Gasteiger partial charge in [0.1, 0.15) is 5.82 Å². The number of halogens is 1. The second-order valence-electron chi connectivity index (χ2n) is 4.51. The predicted octanol–water partition coefficient (Wildman–Crippen LogP) is 3.43. The number of nitrogens with two attached hydrogens (primary N) is 1. The largest absolute Gasteiger partial charge is 0.399 e. The van der Waals surface area contributed by atoms with Crippen molar-refractivity contribution in [3.05, 3.63) is 53.8 Å². The van der Waals surface area contributed by atoms with Gasteiger partial charge in [-0.05, 0) is 48.9 Å². The molecule has 2 N–H and O–H groups in total. The van der Waals surface area contributed by atoms with Crippen LogP contribution >= 0.6 is 0 Å². The number of hydrogen-bond acceptors (Lipinski definition) is 4. The van der Waals surface area contributed by atoms with Crippen molar-refractivity contribution in [1.82, 2.24) is 10.1 Å². The number of hydrogen-bond donors (Lipinski definition) is 1. The molecular formula is C15H12FN3O. The van der Waals surface area contributed by atoms with E-state index in [0.29, 0.717) is 28.5 Å². The molecule has 0 amide bonds. The summed E-state index contributed by atoms with van der Waals surface area (Å²) in [7, 11) is 0. The minimum absolute atomic E-state index is 0.256. The third-order valence-electron chi connectivity index (χ3n) is 2.98. The van der Waals surface area contributed by atoms with E-state index in [1.807, 2.05) is 12.1 Å². The van der Waals surface area contributed by atoms with Gasteiger partial charge in [0.15, 0.2) is 0 Å². The summed E-state index contributed by atoms with van der Waals surface area (Å²) in [6, 6.07) is 11.9. The molecule has 0 saturated heterocycles. The molecule has 20 heavy (non-hydrogen) atoms. The van der Waals surface area contributed by atoms with Gasteiger partial charge >= 0.3 is 0 Å². The molecule has 0 spiro atoms. The number of nitrogen functional groups attached to an aromatic ring is 1. The normalized spacial score (nSPS) is 10.7. The first-order chi connectivity index (χ1) is 9.63. The van der Waals surface area contributed by atoms with Gasteiger partial charge in [0, 0.05) is 16.8 Å². The van der Waals surface area contributed by atoms with Crippen molar-refractivity contribution in [1.29, 1.82) is 0 Å². The number of nitrogens with zero attached hydrogens (tertiary/aromatic N) is 2. The molecule has 0 aliphatic carbocycles. The van der Waals surface area contributed by atoms with Crippen LogP contribution in [0.15, 0.2) is 47.0 Å². The van der Waals surface area contributed by atoms with Gasteiger partial charge in [-0.15, -0.1) is 0 Å². The van der Waals surface area contributed by atoms with E-state index in [1.54, 1.807) is 31.2 Å². The quantitative estimate of drug-likeness (QED) is 0.724. The Morgan fingerprint density at radius 3 is 2.70 bits per heavy atom. The Morgan fingerprint density at radius 2 is 1.95 bits per heavy atom. The minimum Gasteiger partial charge on any atom is -0.399 e. The van der Waals surface area contributed by atoms with E-state index in [0.717, 1.165) is 5.56 Å². The molecule has 0 saturated carbocycles. The first-order valence-corrected chi connectivity index (χ1v) is 6.09. The number of benzene rings is 2. The Kier molecular flexibility index (Phi) is 2.95. The Bertz CT molecular complexity index is 767. The molecule has 2 aromatic carbocycles. The lowest BCUT2D eigenvalue weighted by molar-refractivity contribution is 0.432. The Balaban J connectivity index is 1.99. The van der Waals surface area contributed by atoms with Crippen LogP contribution in [0.5, 0.6) is 0 Å². The van der Waals surface area contributed by atoms with Gasteiger partial charge < -0.3 is 10.3 Å². The Labute approximate surface area is 115 Å². The highest BCUT2D eigenvalue weighted by Crippen LogP contribution is 2.24. The van der Waals surface area contributed by atoms with Crippen LogP contribution < -0.4 is 5.73 Å². The predicted molar refractivity (Wildman–Crippen MR) is 74.3 cm³/mol. The molecule has 0 atom stereocenters. The van der Waals surface area contributed by atoms with Crippen LogP contribution in [-0.2, 0) is 0 Å². The molecular weight excluding hydrogens is 257 g/mol. The van der Waals surface area contributed by atoms with Gasteiger partial charge in [-0.2, -0.15) is 4.98 Å². The molecule has 0 radical (unpaired) electrons. The van der Waals surface area contributed by atoms with E-state index in [2.05, 4.69) is 10.1 Å². The van der Waals surface area contributed by atoms with Crippen molar-refractivity contribution in [3.63, 3.8) is 0 Å². The van der Waals surface area contributed by atoms with Gasteiger partial charge in [-0.1, -0.05) is 11.2 Å². The van der Waals surface area contributed by atoms with Crippen molar-refractivity contribution >= 4 is 5.69 Å². The first kappa shape index (κ1) is 12.3. The second kappa shape index (κ2) is 4.77. The van der Waals surface area contributed by atoms with Crippen molar-refractivity contribution < 1.29 is 8.91 Å². The molecule has 1 heterocycles. The maximum absolute atomic E-state index is 13.3. The molecule has 3 rings (SSSR count). The third-order valence-corrected chi connectivity index (χ3v) is 2.98. The van der Waals surface area contributed by atoms with Gasteiger partial charge in [-0.25, -0.2) is 4.39 Å². The highest BCUT2D eigenvalue weighted by molar-refractivity contribution is 5.63. The number of anilines is 1. The van der Waals surface area contributed by atoms with Crippen molar-refractivity contribution in [3.8, 4) is 22.8 Å². The van der Waals surface area contributed by atoms with Crippen molar-refractivity contribution in [2.75, 3.05) is 5.73 Å². The van der Waals surface area contributed by atoms with E-state index in [4.69, 9.17) is 10.3 Å². The van der Waals surface area contributed by atoms with Crippen LogP contribution in [0, 0.1) is 12.7 Å². The van der Waals surface area contributed by atoms with E-state index in [-0.39, 0.29) is 5.82 Å². The molecule has 0 fully saturated rings. The summed E-state index contributed by atoms with van der Waals surface area (Å²) >= 11 is 0. The lowest BCUT2D eigenvalue weighted by Crippen LogP contribution is -1.87. The topological polar surface area (TPSA) is 64.9 Å². The average Bonchev–Trinajstić information content (AvgIpc) is 2.92. The molecule has 0 aliphatic rings. The fraction of sp³-hybridized carbons (Fsp3) is 0.0667. The summed E-state index contributed by atoms with van der Waals surface area (Å²) in [5.41, 5.74) is 8.35. The molecule has 0 bridgehead atoms. The molecule has 4 nitrogen and oxygen atoms in total. The van der Waals surface area contributed by atoms with Crippen LogP contribution in [0.4, 0.5) is 10.1 Å². The van der Waals surface area contributed by atoms with E-state index in [9.17, 15) is 4.39 Å². The standard InChI is InChI=1S/C15H12FN3O/c1-9-7-10(5-6-13(9)16)14-18-15(20-19-14)11-3-2-4-12(17)8-11/h2-8H,17H2,1H3. The maximum Gasteiger partial charge on any atom is 0.258 e. The highest BCUT2D eigenvalue weighted by atomic mass is 19.1. The third kappa shape index (κ3) is 2.25. The zero-order valence-electron chi connectivity index (χ0n) is 10.8. The van der Waals surface area contributed by atoms with Crippen LogP contribution in [0.2, 0.25) is 0 Å². The Morgan fingerprint density at radius 1 is 1.10 bits per heavy atom. The van der Waals surface area contributed by atoms with E-state index in [1.165, 1.54) is 6.07 Å². The molecule has 1 aromatic heterocycles. The fourth-order valence-electron chi connectivity index (χ4n) is 1.91. The Hall–Kier alpha value is -2.69. The summed E-state index contributed by atoms with van der Waals surface area (Å²) in [6.07, 6.45) is 0. The van der Waals surface area contributed by atoms with Gasteiger partial charge in [-0.3, -0.25) is 0 Å². The summed E-state index contributed by atoms with van der Waals surface area (Å²) < 4.78 is 18.5. The summed E-state index contributed by atoms with van der Waals surface area (Å²) in [6.45, 7) is 1.69. The van der Waals surface area contributed by atoms with Gasteiger partial charge in [0.25, 0.3) is 5.89 Å². The summed E-state index contributed by atoms with van der Waals surface area (Å²) in [5.74, 6) is 0.549. The highest BCUT2D eigenvalue weighted by Gasteiger charge is 2.11. The van der Waals surface area contributed by atoms with Crippen LogP contribution in [0.25, 0.3) is 22.8 Å². The average molecular weight is 269 g/mol. The van der Waals surface area contributed by atoms with E-state index < -0.39 is 0 Å². The summed E-state index contributed by atoms with van der Waals surface area (Å²) in [5, 5.41) is 3.91. The number of aryl methyl sites for hydroxylation is 1. The first-order valence-electron chi connectivity index (χ1n) is 6.09. The van der Waals surface area contributed by atoms with Gasteiger partial charge in [0.2, 0.25) is 5.82 Å². The fourth-order valence-corrected chi connectivity index (χ4v) is 1.91.